The fourth-order valence-corrected chi connectivity index (χ4v) is 1.79. The zero-order valence-electron chi connectivity index (χ0n) is 9.94. The van der Waals surface area contributed by atoms with Gasteiger partial charge in [-0.1, -0.05) is 15.9 Å². The molecule has 0 atom stereocenters. The van der Waals surface area contributed by atoms with Crippen LogP contribution in [0, 0.1) is 0 Å². The molecule has 0 fully saturated rings. The number of halogens is 1. The molecule has 0 bridgehead atoms. The van der Waals surface area contributed by atoms with Crippen molar-refractivity contribution in [3.8, 4) is 5.75 Å². The van der Waals surface area contributed by atoms with Gasteiger partial charge in [-0.2, -0.15) is 0 Å². The number of rotatable bonds is 5. The van der Waals surface area contributed by atoms with Crippen LogP contribution in [-0.4, -0.2) is 43.2 Å². The quantitative estimate of drug-likeness (QED) is 0.849. The Bertz CT molecular complexity index is 395. The van der Waals surface area contributed by atoms with Gasteiger partial charge in [-0.25, -0.2) is 0 Å². The van der Waals surface area contributed by atoms with Gasteiger partial charge in [0.1, 0.15) is 5.75 Å². The van der Waals surface area contributed by atoms with Crippen molar-refractivity contribution in [2.24, 2.45) is 0 Å². The highest BCUT2D eigenvalue weighted by Gasteiger charge is 2.15. The summed E-state index contributed by atoms with van der Waals surface area (Å²) >= 11 is 3.28. The molecule has 0 aliphatic rings. The molecule has 17 heavy (non-hydrogen) atoms. The number of methoxy groups -OCH3 is 1. The summed E-state index contributed by atoms with van der Waals surface area (Å²) in [6.45, 7) is 1.21. The van der Waals surface area contributed by atoms with Crippen LogP contribution < -0.4 is 0 Å². The van der Waals surface area contributed by atoms with E-state index in [2.05, 4.69) is 15.9 Å². The van der Waals surface area contributed by atoms with E-state index in [1.165, 1.54) is 6.07 Å². The van der Waals surface area contributed by atoms with Gasteiger partial charge in [0, 0.05) is 31.8 Å². The second-order valence-electron chi connectivity index (χ2n) is 3.73. The maximum absolute atomic E-state index is 12.0. The van der Waals surface area contributed by atoms with Gasteiger partial charge >= 0.3 is 0 Å². The first-order valence-electron chi connectivity index (χ1n) is 5.29. The van der Waals surface area contributed by atoms with Gasteiger partial charge in [-0.15, -0.1) is 0 Å². The summed E-state index contributed by atoms with van der Waals surface area (Å²) < 4.78 is 5.69. The molecule has 0 saturated heterocycles. The molecule has 0 heterocycles. The minimum Gasteiger partial charge on any atom is -0.507 e. The topological polar surface area (TPSA) is 49.8 Å². The molecular formula is C12H16BrNO3. The number of hydrogen-bond donors (Lipinski definition) is 1. The number of amides is 1. The zero-order chi connectivity index (χ0) is 12.8. The van der Waals surface area contributed by atoms with Crippen molar-refractivity contribution in [1.29, 1.82) is 0 Å². The summed E-state index contributed by atoms with van der Waals surface area (Å²) in [5.74, 6) is -0.198. The smallest absolute Gasteiger partial charge is 0.257 e. The molecule has 0 aliphatic heterocycles. The lowest BCUT2D eigenvalue weighted by molar-refractivity contribution is 0.0776. The number of hydrogen-bond acceptors (Lipinski definition) is 3. The van der Waals surface area contributed by atoms with Crippen LogP contribution in [0.15, 0.2) is 22.7 Å². The van der Waals surface area contributed by atoms with Crippen molar-refractivity contribution in [2.75, 3.05) is 27.3 Å². The maximum Gasteiger partial charge on any atom is 0.257 e. The lowest BCUT2D eigenvalue weighted by atomic mass is 10.2. The van der Waals surface area contributed by atoms with Crippen molar-refractivity contribution >= 4 is 21.8 Å². The van der Waals surface area contributed by atoms with Crippen LogP contribution in [0.3, 0.4) is 0 Å². The molecule has 0 unspecified atom stereocenters. The molecule has 1 amide bonds. The van der Waals surface area contributed by atoms with E-state index >= 15 is 0 Å². The number of phenolic OH excluding ortho intramolecular Hbond substituents is 1. The Morgan fingerprint density at radius 3 is 2.88 bits per heavy atom. The molecule has 0 saturated carbocycles. The minimum absolute atomic E-state index is 0.00297. The summed E-state index contributed by atoms with van der Waals surface area (Å²) in [4.78, 5) is 13.6. The van der Waals surface area contributed by atoms with Crippen LogP contribution in [-0.2, 0) is 4.74 Å². The number of phenols is 1. The van der Waals surface area contributed by atoms with Crippen LogP contribution in [0.2, 0.25) is 0 Å². The van der Waals surface area contributed by atoms with E-state index in [9.17, 15) is 9.90 Å². The van der Waals surface area contributed by atoms with E-state index in [1.807, 2.05) is 0 Å². The minimum atomic E-state index is -0.195. The number of ether oxygens (including phenoxy) is 1. The Kier molecular flexibility index (Phi) is 5.44. The zero-order valence-corrected chi connectivity index (χ0v) is 11.5. The standard InChI is InChI=1S/C12H16BrNO3/c1-14(6-3-7-17-2)12(16)10-8-9(13)4-5-11(10)15/h4-5,8,15H,3,6-7H2,1-2H3. The Morgan fingerprint density at radius 2 is 2.24 bits per heavy atom. The van der Waals surface area contributed by atoms with Gasteiger partial charge in [0.15, 0.2) is 0 Å². The highest BCUT2D eigenvalue weighted by Crippen LogP contribution is 2.22. The van der Waals surface area contributed by atoms with E-state index in [0.717, 1.165) is 10.9 Å². The first-order chi connectivity index (χ1) is 8.06. The molecule has 94 valence electrons. The summed E-state index contributed by atoms with van der Waals surface area (Å²) in [6.07, 6.45) is 0.771. The molecule has 1 rings (SSSR count). The Labute approximate surface area is 109 Å². The highest BCUT2D eigenvalue weighted by molar-refractivity contribution is 9.10. The second-order valence-corrected chi connectivity index (χ2v) is 4.65. The van der Waals surface area contributed by atoms with Crippen molar-refractivity contribution < 1.29 is 14.6 Å². The Balaban J connectivity index is 2.71. The van der Waals surface area contributed by atoms with Gasteiger partial charge in [-0.05, 0) is 24.6 Å². The molecular weight excluding hydrogens is 286 g/mol. The SMILES string of the molecule is COCCCN(C)C(=O)c1cc(Br)ccc1O. The summed E-state index contributed by atoms with van der Waals surface area (Å²) in [5.41, 5.74) is 0.305. The molecule has 0 aliphatic carbocycles. The van der Waals surface area contributed by atoms with E-state index in [-0.39, 0.29) is 11.7 Å². The summed E-state index contributed by atoms with van der Waals surface area (Å²) in [6, 6.07) is 4.81. The van der Waals surface area contributed by atoms with Crippen molar-refractivity contribution in [3.05, 3.63) is 28.2 Å². The normalized spacial score (nSPS) is 10.3. The fraction of sp³-hybridized carbons (Fsp3) is 0.417. The Morgan fingerprint density at radius 1 is 1.53 bits per heavy atom. The monoisotopic (exact) mass is 301 g/mol. The van der Waals surface area contributed by atoms with Crippen LogP contribution in [0.5, 0.6) is 5.75 Å². The number of nitrogens with zero attached hydrogens (tertiary/aromatic N) is 1. The van der Waals surface area contributed by atoms with Gasteiger partial charge in [0.25, 0.3) is 5.91 Å². The number of aromatic hydroxyl groups is 1. The van der Waals surface area contributed by atoms with Gasteiger partial charge in [-0.3, -0.25) is 4.79 Å². The molecule has 0 radical (unpaired) electrons. The lowest BCUT2D eigenvalue weighted by Gasteiger charge is -2.17. The van der Waals surface area contributed by atoms with Gasteiger partial charge in [0.2, 0.25) is 0 Å². The predicted molar refractivity (Wildman–Crippen MR) is 69.3 cm³/mol. The molecule has 5 heteroatoms. The highest BCUT2D eigenvalue weighted by atomic mass is 79.9. The first-order valence-corrected chi connectivity index (χ1v) is 6.08. The largest absolute Gasteiger partial charge is 0.507 e. The molecule has 4 nitrogen and oxygen atoms in total. The molecule has 1 N–H and O–H groups in total. The van der Waals surface area contributed by atoms with Crippen LogP contribution in [0.1, 0.15) is 16.8 Å². The fourth-order valence-electron chi connectivity index (χ4n) is 1.43. The third-order valence-corrected chi connectivity index (χ3v) is 2.87. The summed E-state index contributed by atoms with van der Waals surface area (Å²) in [7, 11) is 3.33. The van der Waals surface area contributed by atoms with E-state index in [4.69, 9.17) is 4.74 Å². The average molecular weight is 302 g/mol. The van der Waals surface area contributed by atoms with Crippen molar-refractivity contribution in [3.63, 3.8) is 0 Å². The van der Waals surface area contributed by atoms with Crippen molar-refractivity contribution in [1.82, 2.24) is 4.90 Å². The average Bonchev–Trinajstić information content (AvgIpc) is 2.31. The summed E-state index contributed by atoms with van der Waals surface area (Å²) in [5, 5.41) is 9.63. The number of carbonyl (C=O) groups excluding carboxylic acids is 1. The molecule has 0 spiro atoms. The van der Waals surface area contributed by atoms with Gasteiger partial charge < -0.3 is 14.7 Å². The third-order valence-electron chi connectivity index (χ3n) is 2.38. The molecule has 1 aromatic rings. The number of benzene rings is 1. The van der Waals surface area contributed by atoms with Crippen LogP contribution >= 0.6 is 15.9 Å². The maximum atomic E-state index is 12.0. The van der Waals surface area contributed by atoms with E-state index < -0.39 is 0 Å². The predicted octanol–water partition coefficient (Wildman–Crippen LogP) is 2.26. The second kappa shape index (κ2) is 6.61. The van der Waals surface area contributed by atoms with Crippen LogP contribution in [0.25, 0.3) is 0 Å². The van der Waals surface area contributed by atoms with Crippen molar-refractivity contribution in [2.45, 2.75) is 6.42 Å². The van der Waals surface area contributed by atoms with E-state index in [1.54, 1.807) is 31.2 Å². The third kappa shape index (κ3) is 4.02. The molecule has 0 aromatic heterocycles. The number of carbonyl (C=O) groups is 1. The Hall–Kier alpha value is -1.07. The van der Waals surface area contributed by atoms with Gasteiger partial charge in [0.05, 0.1) is 5.56 Å². The lowest BCUT2D eigenvalue weighted by Crippen LogP contribution is -2.28. The van der Waals surface area contributed by atoms with E-state index in [0.29, 0.717) is 18.7 Å². The van der Waals surface area contributed by atoms with Crippen LogP contribution in [0.4, 0.5) is 0 Å². The first kappa shape index (κ1) is 14.0. The molecule has 1 aromatic carbocycles.